The van der Waals surface area contributed by atoms with Gasteiger partial charge in [0.05, 0.1) is 0 Å². The summed E-state index contributed by atoms with van der Waals surface area (Å²) in [5.41, 5.74) is 4.22. The van der Waals surface area contributed by atoms with E-state index in [4.69, 9.17) is 11.6 Å². The molecule has 1 unspecified atom stereocenters. The van der Waals surface area contributed by atoms with Gasteiger partial charge >= 0.3 is 0 Å². The zero-order valence-corrected chi connectivity index (χ0v) is 15.8. The third-order valence-corrected chi connectivity index (χ3v) is 5.61. The van der Waals surface area contributed by atoms with Gasteiger partial charge in [0.1, 0.15) is 0 Å². The van der Waals surface area contributed by atoms with Crippen LogP contribution in [0.25, 0.3) is 11.0 Å². The van der Waals surface area contributed by atoms with Gasteiger partial charge in [0, 0.05) is 27.8 Å². The van der Waals surface area contributed by atoms with E-state index in [2.05, 4.69) is 19.1 Å². The smallest absolute Gasteiger partial charge is 0.166 e. The SMILES string of the molecule is Cc1ccc(/C=C(\c2cccc(Cl)c2)[S+]([O-])c2ccc(C)cc2)cc1. The van der Waals surface area contributed by atoms with Gasteiger partial charge in [-0.25, -0.2) is 0 Å². The van der Waals surface area contributed by atoms with E-state index in [1.54, 1.807) is 0 Å². The van der Waals surface area contributed by atoms with E-state index in [0.29, 0.717) is 5.02 Å². The lowest BCUT2D eigenvalue weighted by atomic mass is 10.1. The van der Waals surface area contributed by atoms with Crippen molar-refractivity contribution in [1.82, 2.24) is 0 Å². The molecule has 3 rings (SSSR count). The molecule has 3 heteroatoms. The fourth-order valence-electron chi connectivity index (χ4n) is 2.49. The minimum absolute atomic E-state index is 0.633. The summed E-state index contributed by atoms with van der Waals surface area (Å²) >= 11 is 4.87. The van der Waals surface area contributed by atoms with Crippen LogP contribution in [0.4, 0.5) is 0 Å². The van der Waals surface area contributed by atoms with Gasteiger partial charge in [-0.15, -0.1) is 0 Å². The van der Waals surface area contributed by atoms with Crippen molar-refractivity contribution in [2.24, 2.45) is 0 Å². The standard InChI is InChI=1S/C22H19ClOS/c1-16-6-10-18(11-7-16)14-22(19-4-3-5-20(23)15-19)25(24)21-12-8-17(2)9-13-21/h3-15H,1-2H3/b22-14+. The summed E-state index contributed by atoms with van der Waals surface area (Å²) in [6.07, 6.45) is 1.97. The van der Waals surface area contributed by atoms with Crippen molar-refractivity contribution in [2.75, 3.05) is 0 Å². The zero-order valence-electron chi connectivity index (χ0n) is 14.2. The van der Waals surface area contributed by atoms with Crippen LogP contribution in [0.15, 0.2) is 77.7 Å². The highest BCUT2D eigenvalue weighted by Crippen LogP contribution is 2.31. The van der Waals surface area contributed by atoms with Crippen LogP contribution >= 0.6 is 11.6 Å². The van der Waals surface area contributed by atoms with Gasteiger partial charge in [-0.05, 0) is 49.7 Å². The number of aryl methyl sites for hydroxylation is 2. The number of benzene rings is 3. The number of halogens is 1. The molecule has 0 spiro atoms. The average molecular weight is 367 g/mol. The van der Waals surface area contributed by atoms with Gasteiger partial charge in [0.2, 0.25) is 0 Å². The van der Waals surface area contributed by atoms with Crippen molar-refractivity contribution in [1.29, 1.82) is 0 Å². The number of rotatable bonds is 4. The average Bonchev–Trinajstić information content (AvgIpc) is 2.61. The number of hydrogen-bond donors (Lipinski definition) is 0. The highest BCUT2D eigenvalue weighted by molar-refractivity contribution is 8.00. The van der Waals surface area contributed by atoms with E-state index in [0.717, 1.165) is 26.5 Å². The predicted octanol–water partition coefficient (Wildman–Crippen LogP) is 6.26. The quantitative estimate of drug-likeness (QED) is 0.394. The second-order valence-electron chi connectivity index (χ2n) is 6.01. The Balaban J connectivity index is 2.08. The first-order valence-corrected chi connectivity index (χ1v) is 9.58. The maximum atomic E-state index is 13.2. The van der Waals surface area contributed by atoms with Crippen LogP contribution in [0.1, 0.15) is 22.3 Å². The zero-order chi connectivity index (χ0) is 17.8. The second-order valence-corrected chi connectivity index (χ2v) is 7.90. The monoisotopic (exact) mass is 366 g/mol. The van der Waals surface area contributed by atoms with E-state index in [9.17, 15) is 4.55 Å². The minimum atomic E-state index is -1.29. The first-order chi connectivity index (χ1) is 12.0. The van der Waals surface area contributed by atoms with Crippen molar-refractivity contribution in [3.05, 3.63) is 100 Å². The highest BCUT2D eigenvalue weighted by Gasteiger charge is 2.20. The van der Waals surface area contributed by atoms with Crippen LogP contribution in [0.2, 0.25) is 5.02 Å². The van der Waals surface area contributed by atoms with E-state index in [1.165, 1.54) is 5.56 Å². The van der Waals surface area contributed by atoms with Crippen LogP contribution in [0, 0.1) is 13.8 Å². The van der Waals surface area contributed by atoms with Crippen molar-refractivity contribution in [2.45, 2.75) is 18.7 Å². The molecule has 0 aliphatic rings. The second kappa shape index (κ2) is 7.92. The molecular formula is C22H19ClOS. The molecule has 0 aromatic heterocycles. The van der Waals surface area contributed by atoms with E-state index in [1.807, 2.05) is 73.7 Å². The Labute approximate surface area is 157 Å². The normalized spacial score (nSPS) is 12.9. The topological polar surface area (TPSA) is 23.1 Å². The maximum absolute atomic E-state index is 13.2. The molecule has 1 nitrogen and oxygen atoms in total. The van der Waals surface area contributed by atoms with E-state index >= 15 is 0 Å². The highest BCUT2D eigenvalue weighted by atomic mass is 35.5. The first kappa shape index (κ1) is 17.8. The van der Waals surface area contributed by atoms with Crippen LogP contribution in [0.3, 0.4) is 0 Å². The Bertz CT molecular complexity index is 883. The van der Waals surface area contributed by atoms with Gasteiger partial charge in [-0.3, -0.25) is 0 Å². The van der Waals surface area contributed by atoms with Crippen LogP contribution in [-0.4, -0.2) is 4.55 Å². The molecule has 3 aromatic carbocycles. The van der Waals surface area contributed by atoms with Gasteiger partial charge < -0.3 is 4.55 Å². The molecule has 0 saturated heterocycles. The summed E-state index contributed by atoms with van der Waals surface area (Å²) in [6.45, 7) is 4.07. The Morgan fingerprint density at radius 3 is 2.08 bits per heavy atom. The van der Waals surface area contributed by atoms with Crippen molar-refractivity contribution in [3.63, 3.8) is 0 Å². The Morgan fingerprint density at radius 1 is 0.880 bits per heavy atom. The maximum Gasteiger partial charge on any atom is 0.166 e. The third-order valence-electron chi connectivity index (χ3n) is 3.92. The van der Waals surface area contributed by atoms with Crippen LogP contribution < -0.4 is 0 Å². The lowest BCUT2D eigenvalue weighted by Gasteiger charge is -2.14. The lowest BCUT2D eigenvalue weighted by Crippen LogP contribution is -2.04. The number of hydrogen-bond acceptors (Lipinski definition) is 1. The molecule has 0 aliphatic carbocycles. The van der Waals surface area contributed by atoms with Gasteiger partial charge in [-0.1, -0.05) is 65.2 Å². The molecule has 25 heavy (non-hydrogen) atoms. The lowest BCUT2D eigenvalue weighted by molar-refractivity contribution is 0.605. The molecule has 0 bridgehead atoms. The molecule has 0 radical (unpaired) electrons. The predicted molar refractivity (Wildman–Crippen MR) is 108 cm³/mol. The van der Waals surface area contributed by atoms with Crippen LogP contribution in [-0.2, 0) is 11.2 Å². The fourth-order valence-corrected chi connectivity index (χ4v) is 3.90. The summed E-state index contributed by atoms with van der Waals surface area (Å²) in [5, 5.41) is 0.633. The van der Waals surface area contributed by atoms with Crippen molar-refractivity contribution in [3.8, 4) is 0 Å². The molecule has 0 heterocycles. The van der Waals surface area contributed by atoms with Gasteiger partial charge in [0.25, 0.3) is 0 Å². The molecule has 3 aromatic rings. The molecule has 126 valence electrons. The van der Waals surface area contributed by atoms with E-state index in [-0.39, 0.29) is 0 Å². The summed E-state index contributed by atoms with van der Waals surface area (Å²) in [5.74, 6) is 0. The Kier molecular flexibility index (Phi) is 5.64. The molecule has 0 amide bonds. The van der Waals surface area contributed by atoms with E-state index < -0.39 is 11.2 Å². The largest absolute Gasteiger partial charge is 0.606 e. The summed E-state index contributed by atoms with van der Waals surface area (Å²) in [4.78, 5) is 1.53. The Hall–Kier alpha value is -2.00. The van der Waals surface area contributed by atoms with Gasteiger partial charge in [0.15, 0.2) is 9.80 Å². The summed E-state index contributed by atoms with van der Waals surface area (Å²) in [7, 11) is 0. The molecule has 0 fully saturated rings. The Morgan fingerprint density at radius 2 is 1.48 bits per heavy atom. The molecule has 0 aliphatic heterocycles. The van der Waals surface area contributed by atoms with Crippen molar-refractivity contribution < 1.29 is 4.55 Å². The third kappa shape index (κ3) is 4.55. The first-order valence-electron chi connectivity index (χ1n) is 8.06. The van der Waals surface area contributed by atoms with Crippen molar-refractivity contribution >= 4 is 33.8 Å². The minimum Gasteiger partial charge on any atom is -0.606 e. The van der Waals surface area contributed by atoms with Gasteiger partial charge in [-0.2, -0.15) is 0 Å². The molecule has 0 saturated carbocycles. The fraction of sp³-hybridized carbons (Fsp3) is 0.0909. The molecule has 0 N–H and O–H groups in total. The van der Waals surface area contributed by atoms with Crippen LogP contribution in [0.5, 0.6) is 0 Å². The summed E-state index contributed by atoms with van der Waals surface area (Å²) < 4.78 is 13.2. The summed E-state index contributed by atoms with van der Waals surface area (Å²) in [6, 6.07) is 23.5. The molecule has 1 atom stereocenters. The molecular weight excluding hydrogens is 348 g/mol.